The van der Waals surface area contributed by atoms with Crippen molar-refractivity contribution < 1.29 is 4.74 Å². The summed E-state index contributed by atoms with van der Waals surface area (Å²) >= 11 is 0. The summed E-state index contributed by atoms with van der Waals surface area (Å²) in [6.45, 7) is 0. The highest BCUT2D eigenvalue weighted by molar-refractivity contribution is 5.02. The zero-order valence-corrected chi connectivity index (χ0v) is 4.89. The fraction of sp³-hybridized carbons (Fsp3) is 0.714. The Morgan fingerprint density at radius 1 is 1.25 bits per heavy atom. The Bertz CT molecular complexity index is 122. The first-order valence-electron chi connectivity index (χ1n) is 3.24. The molecule has 1 saturated carbocycles. The van der Waals surface area contributed by atoms with Crippen molar-refractivity contribution in [1.82, 2.24) is 0 Å². The fourth-order valence-electron chi connectivity index (χ4n) is 1.17. The minimum absolute atomic E-state index is 0.342. The van der Waals surface area contributed by atoms with Gasteiger partial charge in [0.1, 0.15) is 5.60 Å². The maximum absolute atomic E-state index is 5.40. The summed E-state index contributed by atoms with van der Waals surface area (Å²) in [7, 11) is 0. The van der Waals surface area contributed by atoms with Gasteiger partial charge in [-0.2, -0.15) is 0 Å². The Morgan fingerprint density at radius 2 is 2.12 bits per heavy atom. The van der Waals surface area contributed by atoms with Crippen molar-refractivity contribution in [2.24, 2.45) is 0 Å². The molecule has 0 amide bonds. The van der Waals surface area contributed by atoms with Crippen LogP contribution in [0.15, 0.2) is 12.3 Å². The van der Waals surface area contributed by atoms with Gasteiger partial charge in [0.2, 0.25) is 0 Å². The molecule has 1 spiro atoms. The normalized spacial score (nSPS) is 30.0. The van der Waals surface area contributed by atoms with Crippen LogP contribution in [0.1, 0.15) is 25.7 Å². The molecule has 2 rings (SSSR count). The minimum atomic E-state index is 0.342. The van der Waals surface area contributed by atoms with E-state index >= 15 is 0 Å². The first-order chi connectivity index (χ1) is 3.91. The summed E-state index contributed by atoms with van der Waals surface area (Å²) in [5, 5.41) is 0. The minimum Gasteiger partial charge on any atom is -0.495 e. The SMILES string of the molecule is C1=COC2(CC1)CC2. The maximum atomic E-state index is 5.40. The lowest BCUT2D eigenvalue weighted by Gasteiger charge is -2.17. The first kappa shape index (κ1) is 4.42. The molecular formula is C7H10O. The quantitative estimate of drug-likeness (QED) is 0.462. The highest BCUT2D eigenvalue weighted by Crippen LogP contribution is 2.45. The first-order valence-corrected chi connectivity index (χ1v) is 3.24. The number of hydrogen-bond donors (Lipinski definition) is 0. The predicted molar refractivity (Wildman–Crippen MR) is 31.4 cm³/mol. The van der Waals surface area contributed by atoms with Crippen molar-refractivity contribution in [3.8, 4) is 0 Å². The van der Waals surface area contributed by atoms with Crippen molar-refractivity contribution in [2.75, 3.05) is 0 Å². The topological polar surface area (TPSA) is 9.23 Å². The Kier molecular flexibility index (Phi) is 0.706. The van der Waals surface area contributed by atoms with Crippen molar-refractivity contribution >= 4 is 0 Å². The lowest BCUT2D eigenvalue weighted by Crippen LogP contribution is -2.12. The third-order valence-electron chi connectivity index (χ3n) is 1.99. The second kappa shape index (κ2) is 1.28. The molecular weight excluding hydrogens is 100 g/mol. The van der Waals surface area contributed by atoms with Gasteiger partial charge in [0.25, 0.3) is 0 Å². The van der Waals surface area contributed by atoms with Crippen LogP contribution in [0, 0.1) is 0 Å². The molecule has 0 aromatic heterocycles. The summed E-state index contributed by atoms with van der Waals surface area (Å²) in [6, 6.07) is 0. The lowest BCUT2D eigenvalue weighted by atomic mass is 10.1. The van der Waals surface area contributed by atoms with Crippen LogP contribution in [-0.2, 0) is 4.74 Å². The molecule has 1 heteroatoms. The van der Waals surface area contributed by atoms with Gasteiger partial charge in [0.15, 0.2) is 0 Å². The van der Waals surface area contributed by atoms with Crippen LogP contribution in [0.3, 0.4) is 0 Å². The van der Waals surface area contributed by atoms with Crippen molar-refractivity contribution in [2.45, 2.75) is 31.3 Å². The lowest BCUT2D eigenvalue weighted by molar-refractivity contribution is 0.101. The Labute approximate surface area is 49.3 Å². The number of ether oxygens (including phenoxy) is 1. The third kappa shape index (κ3) is 0.540. The summed E-state index contributed by atoms with van der Waals surface area (Å²) in [4.78, 5) is 0. The van der Waals surface area contributed by atoms with Gasteiger partial charge in [-0.15, -0.1) is 0 Å². The van der Waals surface area contributed by atoms with Crippen molar-refractivity contribution in [1.29, 1.82) is 0 Å². The average Bonchev–Trinajstić information content (AvgIpc) is 2.52. The Balaban J connectivity index is 2.08. The Morgan fingerprint density at radius 3 is 2.50 bits per heavy atom. The average molecular weight is 110 g/mol. The second-order valence-corrected chi connectivity index (χ2v) is 2.71. The molecule has 1 aliphatic heterocycles. The van der Waals surface area contributed by atoms with E-state index < -0.39 is 0 Å². The molecule has 44 valence electrons. The molecule has 1 heterocycles. The van der Waals surface area contributed by atoms with Gasteiger partial charge in [0.05, 0.1) is 6.26 Å². The van der Waals surface area contributed by atoms with E-state index in [-0.39, 0.29) is 0 Å². The van der Waals surface area contributed by atoms with Crippen LogP contribution in [0.4, 0.5) is 0 Å². The molecule has 1 nitrogen and oxygen atoms in total. The van der Waals surface area contributed by atoms with Gasteiger partial charge >= 0.3 is 0 Å². The van der Waals surface area contributed by atoms with Gasteiger partial charge in [-0.25, -0.2) is 0 Å². The second-order valence-electron chi connectivity index (χ2n) is 2.71. The van der Waals surface area contributed by atoms with Crippen LogP contribution in [-0.4, -0.2) is 5.60 Å². The smallest absolute Gasteiger partial charge is 0.109 e. The number of allylic oxidation sites excluding steroid dienone is 1. The molecule has 0 N–H and O–H groups in total. The van der Waals surface area contributed by atoms with Crippen molar-refractivity contribution in [3.05, 3.63) is 12.3 Å². The molecule has 0 bridgehead atoms. The monoisotopic (exact) mass is 110 g/mol. The highest BCUT2D eigenvalue weighted by atomic mass is 16.5. The number of hydrogen-bond acceptors (Lipinski definition) is 1. The van der Waals surface area contributed by atoms with Gasteiger partial charge in [-0.1, -0.05) is 0 Å². The third-order valence-corrected chi connectivity index (χ3v) is 1.99. The van der Waals surface area contributed by atoms with Gasteiger partial charge in [0, 0.05) is 0 Å². The van der Waals surface area contributed by atoms with Crippen molar-refractivity contribution in [3.63, 3.8) is 0 Å². The van der Waals surface area contributed by atoms with E-state index in [0.717, 1.165) is 0 Å². The van der Waals surface area contributed by atoms with E-state index in [1.165, 1.54) is 25.7 Å². The molecule has 2 aliphatic rings. The molecule has 8 heavy (non-hydrogen) atoms. The van der Waals surface area contributed by atoms with E-state index in [0.29, 0.717) is 5.60 Å². The van der Waals surface area contributed by atoms with Gasteiger partial charge in [-0.3, -0.25) is 0 Å². The van der Waals surface area contributed by atoms with Crippen LogP contribution in [0.2, 0.25) is 0 Å². The number of rotatable bonds is 0. The molecule has 0 saturated heterocycles. The predicted octanol–water partition coefficient (Wildman–Crippen LogP) is 1.84. The van der Waals surface area contributed by atoms with E-state index in [2.05, 4.69) is 6.08 Å². The van der Waals surface area contributed by atoms with Crippen LogP contribution < -0.4 is 0 Å². The van der Waals surface area contributed by atoms with Crippen LogP contribution in [0.25, 0.3) is 0 Å². The molecule has 0 aromatic carbocycles. The van der Waals surface area contributed by atoms with Crippen LogP contribution >= 0.6 is 0 Å². The summed E-state index contributed by atoms with van der Waals surface area (Å²) in [6.07, 6.45) is 9.01. The molecule has 1 fully saturated rings. The van der Waals surface area contributed by atoms with E-state index in [1.807, 2.05) is 6.26 Å². The largest absolute Gasteiger partial charge is 0.495 e. The summed E-state index contributed by atoms with van der Waals surface area (Å²) < 4.78 is 5.40. The Hall–Kier alpha value is -0.460. The van der Waals surface area contributed by atoms with Gasteiger partial charge < -0.3 is 4.74 Å². The molecule has 1 aliphatic carbocycles. The fourth-order valence-corrected chi connectivity index (χ4v) is 1.17. The summed E-state index contributed by atoms with van der Waals surface area (Å²) in [5.74, 6) is 0. The zero-order chi connectivity index (χ0) is 5.45. The molecule has 0 atom stereocenters. The summed E-state index contributed by atoms with van der Waals surface area (Å²) in [5.41, 5.74) is 0.342. The molecule has 0 radical (unpaired) electrons. The standard InChI is InChI=1S/C7H10O/c1-2-6-8-7(3-1)4-5-7/h2,6H,1,3-5H2. The maximum Gasteiger partial charge on any atom is 0.109 e. The highest BCUT2D eigenvalue weighted by Gasteiger charge is 2.44. The zero-order valence-electron chi connectivity index (χ0n) is 4.89. The van der Waals surface area contributed by atoms with Crippen LogP contribution in [0.5, 0.6) is 0 Å². The van der Waals surface area contributed by atoms with Gasteiger partial charge in [-0.05, 0) is 31.8 Å². The van der Waals surface area contributed by atoms with E-state index in [9.17, 15) is 0 Å². The molecule has 0 aromatic rings. The van der Waals surface area contributed by atoms with E-state index in [4.69, 9.17) is 4.74 Å². The molecule has 0 unspecified atom stereocenters. The van der Waals surface area contributed by atoms with E-state index in [1.54, 1.807) is 0 Å².